The Morgan fingerprint density at radius 2 is 0.864 bits per heavy atom. The van der Waals surface area contributed by atoms with Gasteiger partial charge in [0.2, 0.25) is 0 Å². The summed E-state index contributed by atoms with van der Waals surface area (Å²) < 4.78 is 5.18. The molecule has 0 aliphatic heterocycles. The molecule has 0 unspecified atom stereocenters. The third-order valence-corrected chi connectivity index (χ3v) is 15.3. The van der Waals surface area contributed by atoms with Crippen molar-refractivity contribution in [2.45, 2.75) is 41.5 Å². The van der Waals surface area contributed by atoms with Crippen molar-refractivity contribution in [3.8, 4) is 0 Å². The van der Waals surface area contributed by atoms with E-state index in [0.29, 0.717) is 0 Å². The van der Waals surface area contributed by atoms with Crippen molar-refractivity contribution in [1.82, 2.24) is 15.6 Å². The van der Waals surface area contributed by atoms with Crippen molar-refractivity contribution in [3.05, 3.63) is 0 Å². The Balaban J connectivity index is 4.45. The third kappa shape index (κ3) is 8.74. The van der Waals surface area contributed by atoms with Gasteiger partial charge >= 0.3 is 152 Å². The molecular formula is C16H38ClInN4. The summed E-state index contributed by atoms with van der Waals surface area (Å²) in [6, 6.07) is 0. The summed E-state index contributed by atoms with van der Waals surface area (Å²) in [6.45, 7) is 24.7. The van der Waals surface area contributed by atoms with Gasteiger partial charge in [-0.1, -0.05) is 0 Å². The molecule has 6 heteroatoms. The van der Waals surface area contributed by atoms with Gasteiger partial charge in [0.15, 0.2) is 0 Å². The molecule has 0 fully saturated rings. The zero-order valence-corrected chi connectivity index (χ0v) is 19.9. The number of hydrogen-bond acceptors (Lipinski definition) is 4. The van der Waals surface area contributed by atoms with Gasteiger partial charge in [-0.2, -0.15) is 0 Å². The van der Waals surface area contributed by atoms with Gasteiger partial charge in [-0.25, -0.2) is 0 Å². The Hall–Kier alpha value is 1.00. The maximum atomic E-state index is 6.98. The molecule has 0 aliphatic carbocycles. The van der Waals surface area contributed by atoms with Gasteiger partial charge in [-0.3, -0.25) is 0 Å². The van der Waals surface area contributed by atoms with Crippen LogP contribution < -0.4 is 0 Å². The zero-order valence-electron chi connectivity index (χ0n) is 15.8. The van der Waals surface area contributed by atoms with Crippen LogP contribution in [0.4, 0.5) is 0 Å². The topological polar surface area (TPSA) is 13.0 Å². The van der Waals surface area contributed by atoms with Gasteiger partial charge in [0.1, 0.15) is 0 Å². The summed E-state index contributed by atoms with van der Waals surface area (Å²) in [6.07, 6.45) is 0. The van der Waals surface area contributed by atoms with Crippen molar-refractivity contribution in [2.24, 2.45) is 0 Å². The summed E-state index contributed by atoms with van der Waals surface area (Å²) in [4.78, 5) is 4.98. The molecule has 0 saturated heterocycles. The van der Waals surface area contributed by atoms with E-state index in [1.807, 2.05) is 0 Å². The molecule has 0 aromatic carbocycles. The van der Waals surface area contributed by atoms with Crippen LogP contribution in [0.25, 0.3) is 0 Å². The number of likely N-dealkylation sites (N-methyl/N-ethyl adjacent to an activating group) is 4. The predicted octanol–water partition coefficient (Wildman–Crippen LogP) is 2.54. The zero-order chi connectivity index (χ0) is 17.0. The molecule has 0 aliphatic rings. The molecule has 0 rings (SSSR count). The first-order valence-electron chi connectivity index (χ1n) is 9.14. The van der Waals surface area contributed by atoms with E-state index in [1.54, 1.807) is 0 Å². The van der Waals surface area contributed by atoms with Crippen LogP contribution in [0, 0.1) is 0 Å². The summed E-state index contributed by atoms with van der Waals surface area (Å²) in [5.41, 5.74) is 0. The molecule has 0 radical (unpaired) electrons. The van der Waals surface area contributed by atoms with E-state index in [9.17, 15) is 0 Å². The van der Waals surface area contributed by atoms with Crippen LogP contribution in [-0.4, -0.2) is 102 Å². The number of rotatable bonds is 14. The minimum absolute atomic E-state index is 1.09. The standard InChI is InChI=1S/2C8H19N2.ClH.In/c2*1-4-9-7-8-10(5-2)6-3;;/h2*4-8H2,1-3H3;1H;/q2*-1;;+3/p-1. The Labute approximate surface area is 151 Å². The fourth-order valence-electron chi connectivity index (χ4n) is 2.68. The molecule has 0 N–H and O–H groups in total. The second-order valence-corrected chi connectivity index (χ2v) is 14.2. The van der Waals surface area contributed by atoms with Crippen LogP contribution >= 0.6 is 8.58 Å². The number of hydrogen-bond donors (Lipinski definition) is 0. The van der Waals surface area contributed by atoms with Crippen molar-refractivity contribution < 1.29 is 0 Å². The van der Waals surface area contributed by atoms with Gasteiger partial charge in [-0.15, -0.1) is 0 Å². The summed E-state index contributed by atoms with van der Waals surface area (Å²) in [5, 5.41) is 0. The predicted molar refractivity (Wildman–Crippen MR) is 102 cm³/mol. The maximum absolute atomic E-state index is 6.98. The normalized spacial score (nSPS) is 12.1. The van der Waals surface area contributed by atoms with Crippen LogP contribution in [0.3, 0.4) is 0 Å². The monoisotopic (exact) mass is 436 g/mol. The fourth-order valence-corrected chi connectivity index (χ4v) is 10.8. The SMILES string of the molecule is CCN(CC)CC[N](CC)[In]([Cl])[N](CC)CCN(CC)CC. The first-order chi connectivity index (χ1) is 10.6. The Morgan fingerprint density at radius 1 is 0.545 bits per heavy atom. The van der Waals surface area contributed by atoms with E-state index in [1.165, 1.54) is 0 Å². The molecule has 0 heterocycles. The van der Waals surface area contributed by atoms with Crippen LogP contribution in [0.15, 0.2) is 0 Å². The van der Waals surface area contributed by atoms with Gasteiger partial charge in [0.25, 0.3) is 0 Å². The molecule has 0 aromatic rings. The van der Waals surface area contributed by atoms with Gasteiger partial charge < -0.3 is 0 Å². The van der Waals surface area contributed by atoms with Crippen molar-refractivity contribution in [3.63, 3.8) is 0 Å². The Morgan fingerprint density at radius 3 is 1.09 bits per heavy atom. The van der Waals surface area contributed by atoms with E-state index in [4.69, 9.17) is 8.58 Å². The molecule has 132 valence electrons. The summed E-state index contributed by atoms with van der Waals surface area (Å²) >= 11 is -2.28. The number of halogens is 1. The van der Waals surface area contributed by atoms with E-state index in [0.717, 1.165) is 65.4 Å². The molecule has 22 heavy (non-hydrogen) atoms. The van der Waals surface area contributed by atoms with Crippen LogP contribution in [0.1, 0.15) is 41.5 Å². The molecule has 0 saturated carbocycles. The molecule has 0 atom stereocenters. The quantitative estimate of drug-likeness (QED) is 0.415. The summed E-state index contributed by atoms with van der Waals surface area (Å²) in [5.74, 6) is 0. The molecule has 0 spiro atoms. The Bertz CT molecular complexity index is 226. The fraction of sp³-hybridized carbons (Fsp3) is 1.00. The number of nitrogens with zero attached hydrogens (tertiary/aromatic N) is 4. The van der Waals surface area contributed by atoms with Crippen molar-refractivity contribution in [2.75, 3.05) is 65.4 Å². The molecular weight excluding hydrogens is 398 g/mol. The van der Waals surface area contributed by atoms with Gasteiger partial charge in [-0.05, 0) is 0 Å². The first-order valence-corrected chi connectivity index (χ1v) is 16.3. The van der Waals surface area contributed by atoms with Gasteiger partial charge in [0, 0.05) is 0 Å². The minimum atomic E-state index is -2.28. The second kappa shape index (κ2) is 14.4. The Kier molecular flexibility index (Phi) is 15.0. The van der Waals surface area contributed by atoms with Crippen LogP contribution in [-0.2, 0) is 0 Å². The van der Waals surface area contributed by atoms with E-state index >= 15 is 0 Å². The average Bonchev–Trinajstić information content (AvgIpc) is 2.55. The van der Waals surface area contributed by atoms with Crippen molar-refractivity contribution in [1.29, 1.82) is 0 Å². The van der Waals surface area contributed by atoms with E-state index < -0.39 is 20.8 Å². The molecule has 0 amide bonds. The van der Waals surface area contributed by atoms with Crippen LogP contribution in [0.2, 0.25) is 0 Å². The average molecular weight is 437 g/mol. The first kappa shape index (κ1) is 23.0. The van der Waals surface area contributed by atoms with E-state index in [-0.39, 0.29) is 0 Å². The van der Waals surface area contributed by atoms with Crippen LogP contribution in [0.5, 0.6) is 0 Å². The summed E-state index contributed by atoms with van der Waals surface area (Å²) in [7, 11) is 6.98. The molecule has 4 nitrogen and oxygen atoms in total. The second-order valence-electron chi connectivity index (χ2n) is 5.62. The van der Waals surface area contributed by atoms with Crippen molar-refractivity contribution >= 4 is 29.4 Å². The molecule has 0 bridgehead atoms. The third-order valence-electron chi connectivity index (χ3n) is 4.61. The molecule has 0 aromatic heterocycles. The van der Waals surface area contributed by atoms with Gasteiger partial charge in [0.05, 0.1) is 0 Å². The van der Waals surface area contributed by atoms with E-state index in [2.05, 4.69) is 57.1 Å².